The summed E-state index contributed by atoms with van der Waals surface area (Å²) in [4.78, 5) is 2.60. The van der Waals surface area contributed by atoms with Crippen molar-refractivity contribution in [2.24, 2.45) is 0 Å². The highest BCUT2D eigenvalue weighted by atomic mass is 35.5. The normalized spacial score (nSPS) is 21.6. The lowest BCUT2D eigenvalue weighted by atomic mass is 9.80. The van der Waals surface area contributed by atoms with Gasteiger partial charge in [-0.25, -0.2) is 0 Å². The molecule has 0 radical (unpaired) electrons. The van der Waals surface area contributed by atoms with Crippen LogP contribution in [0, 0.1) is 0 Å². The van der Waals surface area contributed by atoms with Crippen molar-refractivity contribution in [3.63, 3.8) is 0 Å². The Morgan fingerprint density at radius 1 is 1.05 bits per heavy atom. The van der Waals surface area contributed by atoms with Crippen LogP contribution < -0.4 is 4.74 Å². The lowest BCUT2D eigenvalue weighted by molar-refractivity contribution is -0.0340. The summed E-state index contributed by atoms with van der Waals surface area (Å²) in [7, 11) is 0. The van der Waals surface area contributed by atoms with Gasteiger partial charge in [0.15, 0.2) is 0 Å². The summed E-state index contributed by atoms with van der Waals surface area (Å²) < 4.78 is 5.85. The third kappa shape index (κ3) is 3.67. The van der Waals surface area contributed by atoms with Crippen LogP contribution in [0.25, 0.3) is 0 Å². The summed E-state index contributed by atoms with van der Waals surface area (Å²) in [6.07, 6.45) is 3.84. The van der Waals surface area contributed by atoms with Gasteiger partial charge in [-0.05, 0) is 71.2 Å². The second-order valence-electron chi connectivity index (χ2n) is 6.93. The van der Waals surface area contributed by atoms with E-state index in [1.165, 1.54) is 19.3 Å². The summed E-state index contributed by atoms with van der Waals surface area (Å²) in [5.41, 5.74) is 0.510. The Morgan fingerprint density at radius 3 is 2.15 bits per heavy atom. The van der Waals surface area contributed by atoms with Crippen LogP contribution in [0.3, 0.4) is 0 Å². The van der Waals surface area contributed by atoms with Crippen molar-refractivity contribution in [1.82, 2.24) is 4.90 Å². The molecule has 0 N–H and O–H groups in total. The molecule has 1 aliphatic rings. The van der Waals surface area contributed by atoms with Gasteiger partial charge in [-0.15, -0.1) is 0 Å². The van der Waals surface area contributed by atoms with Crippen LogP contribution in [-0.4, -0.2) is 29.1 Å². The van der Waals surface area contributed by atoms with E-state index in [0.717, 1.165) is 17.3 Å². The molecule has 1 fully saturated rings. The molecule has 20 heavy (non-hydrogen) atoms. The summed E-state index contributed by atoms with van der Waals surface area (Å²) in [5, 5.41) is 0.746. The fourth-order valence-electron chi connectivity index (χ4n) is 3.43. The molecule has 1 heterocycles. The van der Waals surface area contributed by atoms with Crippen LogP contribution in [-0.2, 0) is 0 Å². The van der Waals surface area contributed by atoms with E-state index in [1.54, 1.807) is 0 Å². The number of halogens is 1. The predicted octanol–water partition coefficient (Wildman–Crippen LogP) is 4.76. The number of rotatable bonds is 4. The monoisotopic (exact) mass is 295 g/mol. The zero-order valence-electron chi connectivity index (χ0n) is 13.1. The van der Waals surface area contributed by atoms with Crippen molar-refractivity contribution < 1.29 is 4.74 Å². The summed E-state index contributed by atoms with van der Waals surface area (Å²) in [6, 6.07) is 7.58. The number of benzene rings is 1. The minimum absolute atomic E-state index is 0.255. The van der Waals surface area contributed by atoms with E-state index in [9.17, 15) is 0 Å². The number of hydrogen-bond donors (Lipinski definition) is 0. The van der Waals surface area contributed by atoms with E-state index in [4.69, 9.17) is 16.3 Å². The molecular formula is C17H26ClNO. The Hall–Kier alpha value is -0.730. The first-order chi connectivity index (χ1) is 9.31. The Morgan fingerprint density at radius 2 is 1.60 bits per heavy atom. The maximum Gasteiger partial charge on any atom is 0.119 e. The fraction of sp³-hybridized carbons (Fsp3) is 0.647. The third-order valence-electron chi connectivity index (χ3n) is 4.44. The fourth-order valence-corrected chi connectivity index (χ4v) is 3.56. The molecule has 1 aliphatic heterocycles. The maximum absolute atomic E-state index is 5.88. The molecule has 2 rings (SSSR count). The van der Waals surface area contributed by atoms with E-state index in [-0.39, 0.29) is 11.1 Å². The average Bonchev–Trinajstić information content (AvgIpc) is 2.34. The van der Waals surface area contributed by atoms with Gasteiger partial charge in [0.05, 0.1) is 0 Å². The Bertz CT molecular complexity index is 423. The molecule has 0 saturated carbocycles. The predicted molar refractivity (Wildman–Crippen MR) is 85.7 cm³/mol. The van der Waals surface area contributed by atoms with Gasteiger partial charge in [0.1, 0.15) is 12.4 Å². The number of likely N-dealkylation sites (tertiary alicyclic amines) is 1. The molecule has 0 atom stereocenters. The average molecular weight is 296 g/mol. The summed E-state index contributed by atoms with van der Waals surface area (Å²) in [6.45, 7) is 11.1. The number of ether oxygens (including phenoxy) is 1. The highest BCUT2D eigenvalue weighted by molar-refractivity contribution is 6.30. The third-order valence-corrected chi connectivity index (χ3v) is 4.69. The van der Waals surface area contributed by atoms with Crippen LogP contribution in [0.2, 0.25) is 5.02 Å². The lowest BCUT2D eigenvalue weighted by Crippen LogP contribution is -2.59. The molecule has 0 spiro atoms. The number of nitrogens with zero attached hydrogens (tertiary/aromatic N) is 1. The molecule has 1 aromatic rings. The quantitative estimate of drug-likeness (QED) is 0.794. The molecule has 1 aromatic carbocycles. The second kappa shape index (κ2) is 5.95. The van der Waals surface area contributed by atoms with Gasteiger partial charge in [-0.3, -0.25) is 4.90 Å². The molecule has 2 nitrogen and oxygen atoms in total. The molecule has 1 saturated heterocycles. The SMILES string of the molecule is CC1(C)CCCC(C)(C)N1CCOc1ccc(Cl)cc1. The van der Waals surface area contributed by atoms with E-state index >= 15 is 0 Å². The van der Waals surface area contributed by atoms with Gasteiger partial charge in [-0.1, -0.05) is 11.6 Å². The highest BCUT2D eigenvalue weighted by Gasteiger charge is 2.40. The molecule has 3 heteroatoms. The van der Waals surface area contributed by atoms with Gasteiger partial charge in [0, 0.05) is 22.6 Å². The van der Waals surface area contributed by atoms with Crippen molar-refractivity contribution in [3.8, 4) is 5.75 Å². The van der Waals surface area contributed by atoms with E-state index in [2.05, 4.69) is 32.6 Å². The molecule has 0 unspecified atom stereocenters. The standard InChI is InChI=1S/C17H26ClNO/c1-16(2)10-5-11-17(3,4)19(16)12-13-20-15-8-6-14(18)7-9-15/h6-9H,5,10-13H2,1-4H3. The Balaban J connectivity index is 1.93. The number of piperidine rings is 1. The minimum atomic E-state index is 0.255. The van der Waals surface area contributed by atoms with E-state index < -0.39 is 0 Å². The van der Waals surface area contributed by atoms with Gasteiger partial charge in [-0.2, -0.15) is 0 Å². The zero-order chi connectivity index (χ0) is 14.8. The summed E-state index contributed by atoms with van der Waals surface area (Å²) in [5.74, 6) is 0.891. The van der Waals surface area contributed by atoms with Crippen molar-refractivity contribution >= 4 is 11.6 Å². The second-order valence-corrected chi connectivity index (χ2v) is 7.37. The van der Waals surface area contributed by atoms with Crippen molar-refractivity contribution in [1.29, 1.82) is 0 Å². The minimum Gasteiger partial charge on any atom is -0.492 e. The Kier molecular flexibility index (Phi) is 4.66. The molecule has 0 aliphatic carbocycles. The topological polar surface area (TPSA) is 12.5 Å². The molecular weight excluding hydrogens is 270 g/mol. The van der Waals surface area contributed by atoms with Gasteiger partial charge in [0.25, 0.3) is 0 Å². The Labute approximate surface area is 128 Å². The van der Waals surface area contributed by atoms with Crippen molar-refractivity contribution in [2.75, 3.05) is 13.2 Å². The van der Waals surface area contributed by atoms with Gasteiger partial charge >= 0.3 is 0 Å². The zero-order valence-corrected chi connectivity index (χ0v) is 13.8. The molecule has 0 amide bonds. The van der Waals surface area contributed by atoms with Gasteiger partial charge < -0.3 is 4.74 Å². The van der Waals surface area contributed by atoms with Crippen LogP contribution >= 0.6 is 11.6 Å². The first kappa shape index (κ1) is 15.7. The van der Waals surface area contributed by atoms with Crippen molar-refractivity contribution in [2.45, 2.75) is 58.0 Å². The van der Waals surface area contributed by atoms with Crippen LogP contribution in [0.1, 0.15) is 47.0 Å². The number of hydrogen-bond acceptors (Lipinski definition) is 2. The highest BCUT2D eigenvalue weighted by Crippen LogP contribution is 2.37. The summed E-state index contributed by atoms with van der Waals surface area (Å²) >= 11 is 5.88. The molecule has 0 bridgehead atoms. The first-order valence-corrected chi connectivity index (χ1v) is 7.85. The van der Waals surface area contributed by atoms with Crippen LogP contribution in [0.15, 0.2) is 24.3 Å². The van der Waals surface area contributed by atoms with Crippen molar-refractivity contribution in [3.05, 3.63) is 29.3 Å². The van der Waals surface area contributed by atoms with Gasteiger partial charge in [0.2, 0.25) is 0 Å². The van der Waals surface area contributed by atoms with E-state index in [1.807, 2.05) is 24.3 Å². The lowest BCUT2D eigenvalue weighted by Gasteiger charge is -2.53. The maximum atomic E-state index is 5.88. The smallest absolute Gasteiger partial charge is 0.119 e. The molecule has 112 valence electrons. The first-order valence-electron chi connectivity index (χ1n) is 7.47. The molecule has 0 aromatic heterocycles. The largest absolute Gasteiger partial charge is 0.492 e. The van der Waals surface area contributed by atoms with Crippen LogP contribution in [0.5, 0.6) is 5.75 Å². The van der Waals surface area contributed by atoms with Crippen LogP contribution in [0.4, 0.5) is 0 Å². The van der Waals surface area contributed by atoms with E-state index in [0.29, 0.717) is 6.61 Å².